The zero-order valence-corrected chi connectivity index (χ0v) is 26.9. The molecule has 9 rings (SSSR count). The number of benzene rings is 6. The molecule has 5 nitrogen and oxygen atoms in total. The van der Waals surface area contributed by atoms with Crippen molar-refractivity contribution < 1.29 is 0 Å². The Balaban J connectivity index is 1.13. The lowest BCUT2D eigenvalue weighted by atomic mass is 9.85. The van der Waals surface area contributed by atoms with E-state index in [1.54, 1.807) is 0 Å². The molecule has 0 radical (unpaired) electrons. The van der Waals surface area contributed by atoms with E-state index in [1.165, 1.54) is 0 Å². The number of para-hydroxylation sites is 2. The first kappa shape index (κ1) is 29.0. The molecule has 0 bridgehead atoms. The summed E-state index contributed by atoms with van der Waals surface area (Å²) in [5, 5.41) is 34.0. The molecule has 6 aromatic carbocycles. The Labute approximate surface area is 288 Å². The normalized spacial score (nSPS) is 14.1. The molecule has 1 atom stereocenters. The molecule has 232 valence electrons. The highest BCUT2D eigenvalue weighted by Gasteiger charge is 2.24. The Morgan fingerprint density at radius 2 is 1.26 bits per heavy atom. The molecule has 1 unspecified atom stereocenters. The van der Waals surface area contributed by atoms with Gasteiger partial charge < -0.3 is 9.13 Å². The standard InChI is InChI=1S/C45H27N5/c46-26-29-18-23-41-38(24-29)36-12-1-3-14-39(36)49(41)35-11-5-8-32(25-35)30-19-21-31(22-20-30)44-33(27-47)9-6-16-42(44)50-40-15-4-2-13-37(40)45-34(28-48)10-7-17-43(45)50/h1-21,23-25,31H,22H2. The number of nitrogens with zero attached hydrogens (tertiary/aromatic N) is 5. The van der Waals surface area contributed by atoms with Crippen LogP contribution < -0.4 is 0 Å². The zero-order valence-electron chi connectivity index (χ0n) is 26.9. The van der Waals surface area contributed by atoms with Gasteiger partial charge in [-0.2, -0.15) is 15.8 Å². The van der Waals surface area contributed by atoms with Gasteiger partial charge in [0.05, 0.1) is 62.7 Å². The van der Waals surface area contributed by atoms with Crippen LogP contribution in [0.25, 0.3) is 60.6 Å². The summed E-state index contributed by atoms with van der Waals surface area (Å²) in [5.41, 5.74) is 11.2. The molecule has 0 amide bonds. The Hall–Kier alpha value is -7.13. The minimum Gasteiger partial charge on any atom is -0.309 e. The highest BCUT2D eigenvalue weighted by molar-refractivity contribution is 6.12. The third kappa shape index (κ3) is 4.37. The van der Waals surface area contributed by atoms with Crippen molar-refractivity contribution in [2.24, 2.45) is 0 Å². The van der Waals surface area contributed by atoms with E-state index in [9.17, 15) is 15.8 Å². The van der Waals surface area contributed by atoms with Crippen molar-refractivity contribution in [3.8, 4) is 29.6 Å². The molecule has 5 heteroatoms. The number of hydrogen-bond donors (Lipinski definition) is 0. The van der Waals surface area contributed by atoms with E-state index in [1.807, 2.05) is 60.7 Å². The lowest BCUT2D eigenvalue weighted by molar-refractivity contribution is 0.842. The topological polar surface area (TPSA) is 81.2 Å². The molecule has 0 spiro atoms. The van der Waals surface area contributed by atoms with E-state index in [4.69, 9.17) is 0 Å². The summed E-state index contributed by atoms with van der Waals surface area (Å²) in [4.78, 5) is 0. The minimum absolute atomic E-state index is 0.0187. The second-order valence-corrected chi connectivity index (χ2v) is 12.6. The van der Waals surface area contributed by atoms with Crippen molar-refractivity contribution in [2.75, 3.05) is 0 Å². The highest BCUT2D eigenvalue weighted by atomic mass is 15.0. The number of fused-ring (bicyclic) bond motifs is 6. The summed E-state index contributed by atoms with van der Waals surface area (Å²) in [6, 6.07) is 49.9. The summed E-state index contributed by atoms with van der Waals surface area (Å²) >= 11 is 0. The van der Waals surface area contributed by atoms with Crippen LogP contribution in [-0.2, 0) is 0 Å². The van der Waals surface area contributed by atoms with Gasteiger partial charge in [-0.3, -0.25) is 0 Å². The predicted molar refractivity (Wildman–Crippen MR) is 200 cm³/mol. The molecule has 8 aromatic rings. The first-order chi connectivity index (χ1) is 24.7. The Morgan fingerprint density at radius 3 is 2.04 bits per heavy atom. The zero-order chi connectivity index (χ0) is 33.8. The van der Waals surface area contributed by atoms with Gasteiger partial charge in [-0.05, 0) is 84.3 Å². The van der Waals surface area contributed by atoms with Gasteiger partial charge in [0.1, 0.15) is 0 Å². The van der Waals surface area contributed by atoms with Crippen LogP contribution in [0.15, 0.2) is 146 Å². The second kappa shape index (κ2) is 11.5. The minimum atomic E-state index is -0.0187. The smallest absolute Gasteiger partial charge is 0.0998 e. The van der Waals surface area contributed by atoms with Gasteiger partial charge in [0.2, 0.25) is 0 Å². The number of hydrogen-bond acceptors (Lipinski definition) is 3. The summed E-state index contributed by atoms with van der Waals surface area (Å²) in [5.74, 6) is -0.0187. The van der Waals surface area contributed by atoms with Gasteiger partial charge in [0.25, 0.3) is 0 Å². The van der Waals surface area contributed by atoms with Crippen LogP contribution in [0, 0.1) is 34.0 Å². The number of aromatic nitrogens is 2. The van der Waals surface area contributed by atoms with Crippen molar-refractivity contribution in [1.82, 2.24) is 9.13 Å². The Kier molecular flexibility index (Phi) is 6.70. The maximum atomic E-state index is 10.4. The van der Waals surface area contributed by atoms with Gasteiger partial charge in [-0.1, -0.05) is 78.9 Å². The molecule has 0 saturated heterocycles. The van der Waals surface area contributed by atoms with Crippen LogP contribution in [0.2, 0.25) is 0 Å². The monoisotopic (exact) mass is 637 g/mol. The fourth-order valence-electron chi connectivity index (χ4n) is 7.80. The van der Waals surface area contributed by atoms with Crippen LogP contribution in [-0.4, -0.2) is 9.13 Å². The first-order valence-electron chi connectivity index (χ1n) is 16.6. The summed E-state index contributed by atoms with van der Waals surface area (Å²) in [6.45, 7) is 0. The summed E-state index contributed by atoms with van der Waals surface area (Å²) < 4.78 is 4.48. The van der Waals surface area contributed by atoms with Crippen LogP contribution in [0.1, 0.15) is 40.2 Å². The quantitative estimate of drug-likeness (QED) is 0.193. The fourth-order valence-corrected chi connectivity index (χ4v) is 7.80. The van der Waals surface area contributed by atoms with Crippen LogP contribution >= 0.6 is 0 Å². The van der Waals surface area contributed by atoms with E-state index in [0.717, 1.165) is 78.1 Å². The molecule has 2 aromatic heterocycles. The molecule has 1 aliphatic carbocycles. The molecule has 0 aliphatic heterocycles. The van der Waals surface area contributed by atoms with Crippen molar-refractivity contribution >= 4 is 49.2 Å². The highest BCUT2D eigenvalue weighted by Crippen LogP contribution is 2.41. The van der Waals surface area contributed by atoms with E-state index >= 15 is 0 Å². The largest absolute Gasteiger partial charge is 0.309 e. The first-order valence-corrected chi connectivity index (χ1v) is 16.6. The van der Waals surface area contributed by atoms with Gasteiger partial charge >= 0.3 is 0 Å². The molecule has 0 saturated carbocycles. The Morgan fingerprint density at radius 1 is 0.560 bits per heavy atom. The molecule has 0 N–H and O–H groups in total. The third-order valence-electron chi connectivity index (χ3n) is 9.97. The van der Waals surface area contributed by atoms with Gasteiger partial charge in [0, 0.05) is 38.7 Å². The number of rotatable bonds is 4. The van der Waals surface area contributed by atoms with E-state index in [-0.39, 0.29) is 5.92 Å². The SMILES string of the molecule is N#Cc1ccc2c(c1)c1ccccc1n2-c1cccc(C2=CCC(c3c(C#N)cccc3-n3c4ccccc4c4c(C#N)cccc43)C=C2)c1. The van der Waals surface area contributed by atoms with Crippen molar-refractivity contribution in [3.63, 3.8) is 0 Å². The average molecular weight is 638 g/mol. The molecule has 1 aliphatic rings. The predicted octanol–water partition coefficient (Wildman–Crippen LogP) is 10.6. The molecular formula is C45H27N5. The maximum absolute atomic E-state index is 10.4. The van der Waals surface area contributed by atoms with Crippen molar-refractivity contribution in [3.05, 3.63) is 173 Å². The van der Waals surface area contributed by atoms with E-state index in [0.29, 0.717) is 16.7 Å². The van der Waals surface area contributed by atoms with Gasteiger partial charge in [-0.15, -0.1) is 0 Å². The third-order valence-corrected chi connectivity index (χ3v) is 9.97. The fraction of sp³-hybridized carbons (Fsp3) is 0.0444. The number of allylic oxidation sites excluding steroid dienone is 4. The lowest BCUT2D eigenvalue weighted by Crippen LogP contribution is -2.08. The average Bonchev–Trinajstić information content (AvgIpc) is 3.70. The second-order valence-electron chi connectivity index (χ2n) is 12.6. The summed E-state index contributed by atoms with van der Waals surface area (Å²) in [7, 11) is 0. The molecule has 50 heavy (non-hydrogen) atoms. The van der Waals surface area contributed by atoms with Crippen LogP contribution in [0.5, 0.6) is 0 Å². The Bertz CT molecular complexity index is 2890. The molecular weight excluding hydrogens is 611 g/mol. The molecule has 0 fully saturated rings. The van der Waals surface area contributed by atoms with E-state index < -0.39 is 0 Å². The lowest BCUT2D eigenvalue weighted by Gasteiger charge is -2.23. The maximum Gasteiger partial charge on any atom is 0.0998 e. The van der Waals surface area contributed by atoms with Gasteiger partial charge in [0.15, 0.2) is 0 Å². The van der Waals surface area contributed by atoms with E-state index in [2.05, 4.69) is 112 Å². The van der Waals surface area contributed by atoms with Crippen LogP contribution in [0.3, 0.4) is 0 Å². The number of nitriles is 3. The van der Waals surface area contributed by atoms with Crippen molar-refractivity contribution in [1.29, 1.82) is 15.8 Å². The molecule has 2 heterocycles. The van der Waals surface area contributed by atoms with Crippen LogP contribution in [0.4, 0.5) is 0 Å². The van der Waals surface area contributed by atoms with Crippen molar-refractivity contribution in [2.45, 2.75) is 12.3 Å². The van der Waals surface area contributed by atoms with Gasteiger partial charge in [-0.25, -0.2) is 0 Å². The summed E-state index contributed by atoms with van der Waals surface area (Å²) in [6.07, 6.45) is 7.40.